The molecule has 0 aromatic heterocycles. The SMILES string of the molecule is C1CC(CN2CC3CC2CO3)CS1. The lowest BCUT2D eigenvalue weighted by Crippen LogP contribution is -2.40. The molecule has 2 bridgehead atoms. The molecule has 3 heterocycles. The molecule has 3 aliphatic heterocycles. The van der Waals surface area contributed by atoms with Gasteiger partial charge in [0.25, 0.3) is 0 Å². The number of morpholine rings is 1. The quantitative estimate of drug-likeness (QED) is 0.663. The predicted molar refractivity (Wildman–Crippen MR) is 55.2 cm³/mol. The number of rotatable bonds is 2. The van der Waals surface area contributed by atoms with Gasteiger partial charge in [-0.3, -0.25) is 4.90 Å². The summed E-state index contributed by atoms with van der Waals surface area (Å²) in [5.74, 6) is 3.77. The van der Waals surface area contributed by atoms with E-state index in [-0.39, 0.29) is 0 Å². The van der Waals surface area contributed by atoms with Crippen molar-refractivity contribution in [2.45, 2.75) is 25.0 Å². The molecule has 2 nitrogen and oxygen atoms in total. The summed E-state index contributed by atoms with van der Waals surface area (Å²) in [7, 11) is 0. The lowest BCUT2D eigenvalue weighted by molar-refractivity contribution is 0.0257. The lowest BCUT2D eigenvalue weighted by atomic mass is 10.1. The highest BCUT2D eigenvalue weighted by Gasteiger charge is 2.39. The van der Waals surface area contributed by atoms with E-state index in [4.69, 9.17) is 4.74 Å². The molecule has 74 valence electrons. The molecule has 3 atom stereocenters. The number of ether oxygens (including phenoxy) is 1. The van der Waals surface area contributed by atoms with E-state index in [1.54, 1.807) is 0 Å². The molecule has 3 saturated heterocycles. The Morgan fingerprint density at radius 2 is 2.46 bits per heavy atom. The summed E-state index contributed by atoms with van der Waals surface area (Å²) in [5.41, 5.74) is 0. The Hall–Kier alpha value is 0.270. The minimum absolute atomic E-state index is 0.582. The zero-order chi connectivity index (χ0) is 8.67. The molecular formula is C10H17NOS. The number of nitrogens with zero attached hydrogens (tertiary/aromatic N) is 1. The van der Waals surface area contributed by atoms with Crippen molar-refractivity contribution in [3.8, 4) is 0 Å². The van der Waals surface area contributed by atoms with Crippen molar-refractivity contribution in [2.75, 3.05) is 31.2 Å². The maximum Gasteiger partial charge on any atom is 0.0718 e. The van der Waals surface area contributed by atoms with Gasteiger partial charge in [0, 0.05) is 19.1 Å². The number of thioether (sulfide) groups is 1. The molecule has 0 aromatic carbocycles. The zero-order valence-electron chi connectivity index (χ0n) is 7.95. The Bertz CT molecular complexity index is 193. The molecule has 0 aromatic rings. The molecule has 0 radical (unpaired) electrons. The second-order valence-electron chi connectivity index (χ2n) is 4.53. The highest BCUT2D eigenvalue weighted by Crippen LogP contribution is 2.31. The van der Waals surface area contributed by atoms with Crippen LogP contribution in [0.5, 0.6) is 0 Å². The molecule has 0 N–H and O–H groups in total. The highest BCUT2D eigenvalue weighted by atomic mass is 32.2. The topological polar surface area (TPSA) is 12.5 Å². The number of fused-ring (bicyclic) bond motifs is 2. The van der Waals surface area contributed by atoms with Gasteiger partial charge in [0.1, 0.15) is 0 Å². The van der Waals surface area contributed by atoms with Crippen molar-refractivity contribution in [1.82, 2.24) is 4.90 Å². The second kappa shape index (κ2) is 3.44. The van der Waals surface area contributed by atoms with E-state index >= 15 is 0 Å². The van der Waals surface area contributed by atoms with E-state index in [1.165, 1.54) is 37.4 Å². The van der Waals surface area contributed by atoms with Gasteiger partial charge in [0.05, 0.1) is 12.7 Å². The normalized spacial score (nSPS) is 44.8. The van der Waals surface area contributed by atoms with Gasteiger partial charge in [-0.25, -0.2) is 0 Å². The van der Waals surface area contributed by atoms with Crippen molar-refractivity contribution in [2.24, 2.45) is 5.92 Å². The third kappa shape index (κ3) is 1.62. The van der Waals surface area contributed by atoms with Crippen LogP contribution in [0.2, 0.25) is 0 Å². The van der Waals surface area contributed by atoms with Crippen LogP contribution in [0, 0.1) is 5.92 Å². The average molecular weight is 199 g/mol. The average Bonchev–Trinajstić information content (AvgIpc) is 2.77. The molecule has 0 amide bonds. The first-order chi connectivity index (χ1) is 6.42. The number of hydrogen-bond acceptors (Lipinski definition) is 3. The van der Waals surface area contributed by atoms with E-state index in [2.05, 4.69) is 16.7 Å². The van der Waals surface area contributed by atoms with E-state index in [0.717, 1.165) is 18.6 Å². The lowest BCUT2D eigenvalue weighted by Gasteiger charge is -2.28. The Kier molecular flexibility index (Phi) is 2.27. The molecule has 0 saturated carbocycles. The van der Waals surface area contributed by atoms with Crippen LogP contribution in [0.4, 0.5) is 0 Å². The Morgan fingerprint density at radius 3 is 3.08 bits per heavy atom. The summed E-state index contributed by atoms with van der Waals surface area (Å²) >= 11 is 2.13. The van der Waals surface area contributed by atoms with E-state index in [0.29, 0.717) is 6.10 Å². The monoisotopic (exact) mass is 199 g/mol. The smallest absolute Gasteiger partial charge is 0.0718 e. The molecule has 3 rings (SSSR count). The predicted octanol–water partition coefficient (Wildman–Crippen LogP) is 1.21. The number of hydrogen-bond donors (Lipinski definition) is 0. The van der Waals surface area contributed by atoms with Crippen LogP contribution in [0.3, 0.4) is 0 Å². The summed E-state index contributed by atoms with van der Waals surface area (Å²) in [6, 6.07) is 0.774. The van der Waals surface area contributed by atoms with Crippen LogP contribution in [0.1, 0.15) is 12.8 Å². The van der Waals surface area contributed by atoms with Gasteiger partial charge in [-0.2, -0.15) is 11.8 Å². The molecule has 13 heavy (non-hydrogen) atoms. The highest BCUT2D eigenvalue weighted by molar-refractivity contribution is 7.99. The first-order valence-electron chi connectivity index (χ1n) is 5.35. The van der Waals surface area contributed by atoms with Crippen LogP contribution < -0.4 is 0 Å². The van der Waals surface area contributed by atoms with Crippen molar-refractivity contribution < 1.29 is 4.74 Å². The first-order valence-corrected chi connectivity index (χ1v) is 6.50. The standard InChI is InChI=1S/C10H17NOS/c1-2-13-7-8(1)4-11-5-10-3-9(11)6-12-10/h8-10H,1-7H2. The third-order valence-corrected chi connectivity index (χ3v) is 4.76. The van der Waals surface area contributed by atoms with Gasteiger partial charge in [-0.15, -0.1) is 0 Å². The fourth-order valence-electron chi connectivity index (χ4n) is 2.76. The maximum atomic E-state index is 5.60. The van der Waals surface area contributed by atoms with Crippen molar-refractivity contribution in [1.29, 1.82) is 0 Å². The zero-order valence-corrected chi connectivity index (χ0v) is 8.76. The summed E-state index contributed by atoms with van der Waals surface area (Å²) in [4.78, 5) is 2.67. The molecule has 3 unspecified atom stereocenters. The maximum absolute atomic E-state index is 5.60. The van der Waals surface area contributed by atoms with Crippen molar-refractivity contribution in [3.05, 3.63) is 0 Å². The van der Waals surface area contributed by atoms with Gasteiger partial charge in [0.15, 0.2) is 0 Å². The fourth-order valence-corrected chi connectivity index (χ4v) is 4.03. The van der Waals surface area contributed by atoms with Crippen LogP contribution in [-0.4, -0.2) is 48.2 Å². The Balaban J connectivity index is 1.55. The Labute approximate surface area is 84.0 Å². The Morgan fingerprint density at radius 1 is 1.46 bits per heavy atom. The third-order valence-electron chi connectivity index (χ3n) is 3.53. The molecule has 3 heteroatoms. The summed E-state index contributed by atoms with van der Waals surface area (Å²) in [6.45, 7) is 3.56. The van der Waals surface area contributed by atoms with Crippen molar-refractivity contribution >= 4 is 11.8 Å². The van der Waals surface area contributed by atoms with Gasteiger partial charge in [-0.1, -0.05) is 0 Å². The van der Waals surface area contributed by atoms with Gasteiger partial charge < -0.3 is 4.74 Å². The van der Waals surface area contributed by atoms with Crippen LogP contribution in [-0.2, 0) is 4.74 Å². The molecule has 0 aliphatic carbocycles. The molecule has 0 spiro atoms. The van der Waals surface area contributed by atoms with E-state index < -0.39 is 0 Å². The van der Waals surface area contributed by atoms with Crippen molar-refractivity contribution in [3.63, 3.8) is 0 Å². The summed E-state index contributed by atoms with van der Waals surface area (Å²) in [6.07, 6.45) is 3.33. The first kappa shape index (κ1) is 8.57. The molecule has 3 aliphatic rings. The second-order valence-corrected chi connectivity index (χ2v) is 5.68. The fraction of sp³-hybridized carbons (Fsp3) is 1.00. The van der Waals surface area contributed by atoms with E-state index in [1.807, 2.05) is 0 Å². The summed E-state index contributed by atoms with van der Waals surface area (Å²) < 4.78 is 5.60. The minimum Gasteiger partial charge on any atom is -0.375 e. The largest absolute Gasteiger partial charge is 0.375 e. The van der Waals surface area contributed by atoms with Gasteiger partial charge >= 0.3 is 0 Å². The summed E-state index contributed by atoms with van der Waals surface area (Å²) in [5, 5.41) is 0. The molecule has 3 fully saturated rings. The van der Waals surface area contributed by atoms with Crippen LogP contribution in [0.15, 0.2) is 0 Å². The van der Waals surface area contributed by atoms with Crippen LogP contribution >= 0.6 is 11.8 Å². The van der Waals surface area contributed by atoms with Gasteiger partial charge in [0.2, 0.25) is 0 Å². The van der Waals surface area contributed by atoms with E-state index in [9.17, 15) is 0 Å². The van der Waals surface area contributed by atoms with Crippen LogP contribution in [0.25, 0.3) is 0 Å². The minimum atomic E-state index is 0.582. The molecular weight excluding hydrogens is 182 g/mol. The number of likely N-dealkylation sites (tertiary alicyclic amines) is 1. The van der Waals surface area contributed by atoms with Gasteiger partial charge in [-0.05, 0) is 30.3 Å².